The highest BCUT2D eigenvalue weighted by Gasteiger charge is 2.00. The maximum Gasteiger partial charge on any atom is 0.124 e. The van der Waals surface area contributed by atoms with Gasteiger partial charge in [-0.3, -0.25) is 0 Å². The van der Waals surface area contributed by atoms with Crippen LogP contribution in [0.3, 0.4) is 0 Å². The summed E-state index contributed by atoms with van der Waals surface area (Å²) in [6.45, 7) is 2.97. The zero-order valence-electron chi connectivity index (χ0n) is 10.7. The van der Waals surface area contributed by atoms with Gasteiger partial charge in [0.15, 0.2) is 0 Å². The van der Waals surface area contributed by atoms with Crippen LogP contribution in [-0.2, 0) is 0 Å². The molecule has 0 fully saturated rings. The summed E-state index contributed by atoms with van der Waals surface area (Å²) in [6.07, 6.45) is 0. The van der Waals surface area contributed by atoms with Crippen molar-refractivity contribution in [3.8, 4) is 11.5 Å². The van der Waals surface area contributed by atoms with Crippen LogP contribution < -0.4 is 15.2 Å². The molecule has 0 aliphatic rings. The fourth-order valence-electron chi connectivity index (χ4n) is 1.61. The highest BCUT2D eigenvalue weighted by Crippen LogP contribution is 2.21. The van der Waals surface area contributed by atoms with Gasteiger partial charge in [-0.05, 0) is 42.8 Å². The van der Waals surface area contributed by atoms with Crippen molar-refractivity contribution in [3.05, 3.63) is 52.5 Å². The molecule has 0 heterocycles. The van der Waals surface area contributed by atoms with Crippen LogP contribution in [0.15, 0.2) is 46.9 Å². The minimum Gasteiger partial charge on any atom is -0.490 e. The van der Waals surface area contributed by atoms with Gasteiger partial charge >= 0.3 is 0 Å². The second-order valence-corrected chi connectivity index (χ2v) is 5.09. The van der Waals surface area contributed by atoms with Gasteiger partial charge in [0.25, 0.3) is 0 Å². The molecule has 0 saturated carbocycles. The van der Waals surface area contributed by atoms with E-state index in [1.165, 1.54) is 0 Å². The van der Waals surface area contributed by atoms with Gasteiger partial charge in [0, 0.05) is 16.2 Å². The van der Waals surface area contributed by atoms with E-state index >= 15 is 0 Å². The summed E-state index contributed by atoms with van der Waals surface area (Å²) in [5.41, 5.74) is 7.49. The second-order valence-electron chi connectivity index (χ2n) is 4.18. The van der Waals surface area contributed by atoms with Crippen LogP contribution >= 0.6 is 15.9 Å². The minimum atomic E-state index is 0.486. The molecule has 2 aromatic carbocycles. The number of aryl methyl sites for hydroxylation is 1. The number of nitrogen functional groups attached to an aromatic ring is 1. The molecule has 0 atom stereocenters. The topological polar surface area (TPSA) is 44.5 Å². The Morgan fingerprint density at radius 2 is 1.68 bits per heavy atom. The van der Waals surface area contributed by atoms with Crippen LogP contribution in [0.1, 0.15) is 5.56 Å². The van der Waals surface area contributed by atoms with Gasteiger partial charge in [0.1, 0.15) is 24.7 Å². The Labute approximate surface area is 121 Å². The Bertz CT molecular complexity index is 540. The summed E-state index contributed by atoms with van der Waals surface area (Å²) >= 11 is 3.38. The first-order valence-corrected chi connectivity index (χ1v) is 6.82. The molecular weight excluding hydrogens is 306 g/mol. The molecule has 0 unspecified atom stereocenters. The lowest BCUT2D eigenvalue weighted by molar-refractivity contribution is 0.216. The fraction of sp³-hybridized carbons (Fsp3) is 0.200. The van der Waals surface area contributed by atoms with Crippen LogP contribution in [0, 0.1) is 6.92 Å². The first kappa shape index (κ1) is 13.7. The Hall–Kier alpha value is -1.68. The summed E-state index contributed by atoms with van der Waals surface area (Å²) < 4.78 is 12.3. The average molecular weight is 322 g/mol. The highest BCUT2D eigenvalue weighted by atomic mass is 79.9. The van der Waals surface area contributed by atoms with Crippen LogP contribution in [-0.4, -0.2) is 13.2 Å². The quantitative estimate of drug-likeness (QED) is 0.673. The predicted molar refractivity (Wildman–Crippen MR) is 80.7 cm³/mol. The molecule has 0 amide bonds. The van der Waals surface area contributed by atoms with Gasteiger partial charge in [0.05, 0.1) is 0 Å². The zero-order chi connectivity index (χ0) is 13.7. The minimum absolute atomic E-state index is 0.486. The van der Waals surface area contributed by atoms with Crippen molar-refractivity contribution in [2.45, 2.75) is 6.92 Å². The van der Waals surface area contributed by atoms with Crippen molar-refractivity contribution in [2.24, 2.45) is 0 Å². The number of nitrogens with two attached hydrogens (primary N) is 1. The largest absolute Gasteiger partial charge is 0.490 e. The summed E-state index contributed by atoms with van der Waals surface area (Å²) in [5, 5.41) is 0. The molecule has 0 saturated heterocycles. The Morgan fingerprint density at radius 3 is 2.42 bits per heavy atom. The van der Waals surface area contributed by atoms with Crippen molar-refractivity contribution >= 4 is 21.6 Å². The van der Waals surface area contributed by atoms with Crippen molar-refractivity contribution in [1.29, 1.82) is 0 Å². The lowest BCUT2D eigenvalue weighted by Gasteiger charge is -2.11. The molecule has 19 heavy (non-hydrogen) atoms. The summed E-state index contributed by atoms with van der Waals surface area (Å²) in [7, 11) is 0. The maximum absolute atomic E-state index is 5.72. The highest BCUT2D eigenvalue weighted by molar-refractivity contribution is 9.10. The zero-order valence-corrected chi connectivity index (χ0v) is 12.3. The van der Waals surface area contributed by atoms with E-state index in [2.05, 4.69) is 15.9 Å². The lowest BCUT2D eigenvalue weighted by Crippen LogP contribution is -2.09. The van der Waals surface area contributed by atoms with Crippen LogP contribution in [0.25, 0.3) is 0 Å². The monoisotopic (exact) mass is 321 g/mol. The molecule has 0 spiro atoms. The van der Waals surface area contributed by atoms with Crippen molar-refractivity contribution in [1.82, 2.24) is 0 Å². The smallest absolute Gasteiger partial charge is 0.124 e. The predicted octanol–water partition coefficient (Wildman–Crippen LogP) is 3.80. The molecule has 0 aromatic heterocycles. The normalized spacial score (nSPS) is 10.2. The third kappa shape index (κ3) is 4.17. The Morgan fingerprint density at radius 1 is 1.00 bits per heavy atom. The van der Waals surface area contributed by atoms with Crippen LogP contribution in [0.2, 0.25) is 0 Å². The van der Waals surface area contributed by atoms with E-state index in [1.54, 1.807) is 0 Å². The van der Waals surface area contributed by atoms with E-state index in [0.29, 0.717) is 18.9 Å². The number of rotatable bonds is 5. The second kappa shape index (κ2) is 6.48. The Balaban J connectivity index is 1.80. The van der Waals surface area contributed by atoms with Gasteiger partial charge in [-0.2, -0.15) is 0 Å². The molecule has 2 N–H and O–H groups in total. The summed E-state index contributed by atoms with van der Waals surface area (Å²) in [4.78, 5) is 0. The molecule has 3 nitrogen and oxygen atoms in total. The molecular formula is C15H16BrNO2. The number of ether oxygens (including phenoxy) is 2. The third-order valence-electron chi connectivity index (χ3n) is 2.64. The first-order valence-electron chi connectivity index (χ1n) is 6.02. The number of hydrogen-bond acceptors (Lipinski definition) is 3. The standard InChI is InChI=1S/C15H16BrNO2/c1-11-2-5-13(17)10-15(11)19-9-8-18-14-6-3-12(16)4-7-14/h2-7,10H,8-9,17H2,1H3. The number of hydrogen-bond donors (Lipinski definition) is 1. The lowest BCUT2D eigenvalue weighted by atomic mass is 10.2. The van der Waals surface area contributed by atoms with E-state index in [-0.39, 0.29) is 0 Å². The van der Waals surface area contributed by atoms with E-state index < -0.39 is 0 Å². The van der Waals surface area contributed by atoms with Crippen LogP contribution in [0.5, 0.6) is 11.5 Å². The van der Waals surface area contributed by atoms with E-state index in [4.69, 9.17) is 15.2 Å². The molecule has 0 aliphatic heterocycles. The van der Waals surface area contributed by atoms with E-state index in [9.17, 15) is 0 Å². The SMILES string of the molecule is Cc1ccc(N)cc1OCCOc1ccc(Br)cc1. The fourth-order valence-corrected chi connectivity index (χ4v) is 1.88. The van der Waals surface area contributed by atoms with Crippen LogP contribution in [0.4, 0.5) is 5.69 Å². The molecule has 4 heteroatoms. The first-order chi connectivity index (χ1) is 9.15. The number of benzene rings is 2. The number of halogens is 1. The molecule has 0 aliphatic carbocycles. The summed E-state index contributed by atoms with van der Waals surface area (Å²) in [5.74, 6) is 1.63. The Kier molecular flexibility index (Phi) is 4.68. The van der Waals surface area contributed by atoms with Gasteiger partial charge < -0.3 is 15.2 Å². The maximum atomic E-state index is 5.72. The van der Waals surface area contributed by atoms with Gasteiger partial charge in [-0.25, -0.2) is 0 Å². The van der Waals surface area contributed by atoms with Crippen molar-refractivity contribution in [2.75, 3.05) is 18.9 Å². The third-order valence-corrected chi connectivity index (χ3v) is 3.16. The van der Waals surface area contributed by atoms with E-state index in [0.717, 1.165) is 21.5 Å². The molecule has 2 aromatic rings. The van der Waals surface area contributed by atoms with Crippen molar-refractivity contribution in [3.63, 3.8) is 0 Å². The number of anilines is 1. The molecule has 0 radical (unpaired) electrons. The van der Waals surface area contributed by atoms with Crippen molar-refractivity contribution < 1.29 is 9.47 Å². The van der Waals surface area contributed by atoms with Gasteiger partial charge in [-0.1, -0.05) is 22.0 Å². The van der Waals surface area contributed by atoms with Gasteiger partial charge in [0.2, 0.25) is 0 Å². The summed E-state index contributed by atoms with van der Waals surface area (Å²) in [6, 6.07) is 13.3. The van der Waals surface area contributed by atoms with Gasteiger partial charge in [-0.15, -0.1) is 0 Å². The average Bonchev–Trinajstić information content (AvgIpc) is 2.40. The van der Waals surface area contributed by atoms with E-state index in [1.807, 2.05) is 49.4 Å². The molecule has 2 rings (SSSR count). The molecule has 100 valence electrons. The molecule has 0 bridgehead atoms.